The first-order valence-electron chi connectivity index (χ1n) is 5.83. The molecular formula is C13H16BrN3. The summed E-state index contributed by atoms with van der Waals surface area (Å²) in [5.74, 6) is 0. The van der Waals surface area contributed by atoms with Gasteiger partial charge in [0.15, 0.2) is 0 Å². The molecule has 1 unspecified atom stereocenters. The van der Waals surface area contributed by atoms with Crippen LogP contribution in [0.2, 0.25) is 0 Å². The average molecular weight is 294 g/mol. The molecule has 1 saturated heterocycles. The molecule has 90 valence electrons. The van der Waals surface area contributed by atoms with Crippen LogP contribution in [0.15, 0.2) is 22.7 Å². The van der Waals surface area contributed by atoms with Crippen molar-refractivity contribution < 1.29 is 0 Å². The smallest absolute Gasteiger partial charge is 0.125 e. The predicted molar refractivity (Wildman–Crippen MR) is 71.7 cm³/mol. The third-order valence-corrected chi connectivity index (χ3v) is 3.78. The summed E-state index contributed by atoms with van der Waals surface area (Å²) >= 11 is 3.56. The second-order valence-electron chi connectivity index (χ2n) is 4.34. The van der Waals surface area contributed by atoms with Gasteiger partial charge in [0.05, 0.1) is 6.07 Å². The summed E-state index contributed by atoms with van der Waals surface area (Å²) in [5, 5.41) is 12.7. The zero-order valence-electron chi connectivity index (χ0n) is 9.91. The Kier molecular flexibility index (Phi) is 4.16. The van der Waals surface area contributed by atoms with Gasteiger partial charge in [-0.1, -0.05) is 28.1 Å². The van der Waals surface area contributed by atoms with E-state index in [0.717, 1.165) is 36.2 Å². The highest BCUT2D eigenvalue weighted by atomic mass is 79.9. The molecule has 1 fully saturated rings. The van der Waals surface area contributed by atoms with E-state index in [1.807, 2.05) is 0 Å². The second kappa shape index (κ2) is 5.63. The SMILES string of the molecule is Cc1ccc(C(C#N)N2CCNCC2)c(Br)c1. The van der Waals surface area contributed by atoms with Gasteiger partial charge in [-0.3, -0.25) is 4.90 Å². The van der Waals surface area contributed by atoms with E-state index in [0.29, 0.717) is 0 Å². The van der Waals surface area contributed by atoms with Gasteiger partial charge in [-0.05, 0) is 24.1 Å². The molecule has 1 aliphatic rings. The Morgan fingerprint density at radius 3 is 2.71 bits per heavy atom. The number of nitrogens with one attached hydrogen (secondary N) is 1. The number of nitrogens with zero attached hydrogens (tertiary/aromatic N) is 2. The normalized spacial score (nSPS) is 18.6. The number of piperazine rings is 1. The van der Waals surface area contributed by atoms with E-state index in [9.17, 15) is 5.26 Å². The topological polar surface area (TPSA) is 39.1 Å². The maximum Gasteiger partial charge on any atom is 0.125 e. The van der Waals surface area contributed by atoms with E-state index >= 15 is 0 Å². The molecule has 0 radical (unpaired) electrons. The quantitative estimate of drug-likeness (QED) is 0.909. The van der Waals surface area contributed by atoms with Crippen LogP contribution in [0.5, 0.6) is 0 Å². The maximum atomic E-state index is 9.39. The van der Waals surface area contributed by atoms with E-state index in [-0.39, 0.29) is 6.04 Å². The van der Waals surface area contributed by atoms with Gasteiger partial charge in [0, 0.05) is 30.7 Å². The third kappa shape index (κ3) is 2.86. The summed E-state index contributed by atoms with van der Waals surface area (Å²) in [4.78, 5) is 2.23. The fourth-order valence-corrected chi connectivity index (χ4v) is 2.85. The highest BCUT2D eigenvalue weighted by molar-refractivity contribution is 9.10. The lowest BCUT2D eigenvalue weighted by molar-refractivity contribution is 0.207. The monoisotopic (exact) mass is 293 g/mol. The van der Waals surface area contributed by atoms with Gasteiger partial charge in [-0.25, -0.2) is 0 Å². The number of hydrogen-bond acceptors (Lipinski definition) is 3. The molecule has 17 heavy (non-hydrogen) atoms. The van der Waals surface area contributed by atoms with Crippen LogP contribution in [-0.2, 0) is 0 Å². The van der Waals surface area contributed by atoms with Gasteiger partial charge in [0.2, 0.25) is 0 Å². The first kappa shape index (κ1) is 12.6. The van der Waals surface area contributed by atoms with Crippen molar-refractivity contribution in [1.29, 1.82) is 5.26 Å². The lowest BCUT2D eigenvalue weighted by atomic mass is 10.0. The molecule has 0 amide bonds. The number of rotatable bonds is 2. The Bertz CT molecular complexity index is 433. The minimum absolute atomic E-state index is 0.146. The lowest BCUT2D eigenvalue weighted by Crippen LogP contribution is -2.44. The van der Waals surface area contributed by atoms with Gasteiger partial charge in [-0.2, -0.15) is 5.26 Å². The standard InChI is InChI=1S/C13H16BrN3/c1-10-2-3-11(12(14)8-10)13(9-15)17-6-4-16-5-7-17/h2-3,8,13,16H,4-7H2,1H3. The van der Waals surface area contributed by atoms with Crippen molar-refractivity contribution in [2.75, 3.05) is 26.2 Å². The zero-order chi connectivity index (χ0) is 12.3. The number of aryl methyl sites for hydroxylation is 1. The number of hydrogen-bond donors (Lipinski definition) is 1. The van der Waals surface area contributed by atoms with Crippen LogP contribution in [0.4, 0.5) is 0 Å². The molecule has 1 aliphatic heterocycles. The summed E-state index contributed by atoms with van der Waals surface area (Å²) in [6.45, 7) is 5.83. The highest BCUT2D eigenvalue weighted by Gasteiger charge is 2.23. The molecule has 0 aliphatic carbocycles. The minimum Gasteiger partial charge on any atom is -0.314 e. The molecule has 3 nitrogen and oxygen atoms in total. The van der Waals surface area contributed by atoms with Crippen LogP contribution >= 0.6 is 15.9 Å². The molecule has 1 atom stereocenters. The Morgan fingerprint density at radius 2 is 2.12 bits per heavy atom. The summed E-state index contributed by atoms with van der Waals surface area (Å²) in [5.41, 5.74) is 2.28. The van der Waals surface area contributed by atoms with Crippen molar-refractivity contribution in [3.05, 3.63) is 33.8 Å². The van der Waals surface area contributed by atoms with E-state index in [2.05, 4.69) is 57.3 Å². The Hall–Kier alpha value is -0.890. The summed E-state index contributed by atoms with van der Waals surface area (Å²) in [7, 11) is 0. The number of nitriles is 1. The fourth-order valence-electron chi connectivity index (χ4n) is 2.14. The number of halogens is 1. The van der Waals surface area contributed by atoms with Gasteiger partial charge in [-0.15, -0.1) is 0 Å². The Morgan fingerprint density at radius 1 is 1.41 bits per heavy atom. The number of benzene rings is 1. The van der Waals surface area contributed by atoms with Gasteiger partial charge >= 0.3 is 0 Å². The fraction of sp³-hybridized carbons (Fsp3) is 0.462. The summed E-state index contributed by atoms with van der Waals surface area (Å²) in [6, 6.07) is 8.45. The molecular weight excluding hydrogens is 278 g/mol. The molecule has 0 aromatic heterocycles. The van der Waals surface area contributed by atoms with Gasteiger partial charge in [0.25, 0.3) is 0 Å². The average Bonchev–Trinajstić information content (AvgIpc) is 2.34. The first-order valence-corrected chi connectivity index (χ1v) is 6.62. The minimum atomic E-state index is -0.146. The highest BCUT2D eigenvalue weighted by Crippen LogP contribution is 2.28. The van der Waals surface area contributed by atoms with Crippen molar-refractivity contribution >= 4 is 15.9 Å². The predicted octanol–water partition coefficient (Wildman–Crippen LogP) is 2.23. The molecule has 0 bridgehead atoms. The van der Waals surface area contributed by atoms with E-state index in [1.165, 1.54) is 5.56 Å². The van der Waals surface area contributed by atoms with Crippen molar-refractivity contribution in [2.45, 2.75) is 13.0 Å². The summed E-state index contributed by atoms with van der Waals surface area (Å²) in [6.07, 6.45) is 0. The Balaban J connectivity index is 2.25. The lowest BCUT2D eigenvalue weighted by Gasteiger charge is -2.31. The van der Waals surface area contributed by atoms with Crippen LogP contribution in [0.3, 0.4) is 0 Å². The molecule has 1 aromatic carbocycles. The van der Waals surface area contributed by atoms with E-state index in [1.54, 1.807) is 0 Å². The maximum absolute atomic E-state index is 9.39. The molecule has 0 spiro atoms. The molecule has 2 rings (SSSR count). The molecule has 1 N–H and O–H groups in total. The van der Waals surface area contributed by atoms with Crippen molar-refractivity contribution in [2.24, 2.45) is 0 Å². The van der Waals surface area contributed by atoms with Crippen LogP contribution in [0.25, 0.3) is 0 Å². The van der Waals surface area contributed by atoms with Crippen LogP contribution in [0.1, 0.15) is 17.2 Å². The van der Waals surface area contributed by atoms with Crippen molar-refractivity contribution in [3.63, 3.8) is 0 Å². The molecule has 1 heterocycles. The third-order valence-electron chi connectivity index (χ3n) is 3.09. The zero-order valence-corrected chi connectivity index (χ0v) is 11.5. The van der Waals surface area contributed by atoms with Gasteiger partial charge < -0.3 is 5.32 Å². The first-order chi connectivity index (χ1) is 8.22. The molecule has 4 heteroatoms. The van der Waals surface area contributed by atoms with Crippen molar-refractivity contribution in [3.8, 4) is 6.07 Å². The Labute approximate surface area is 111 Å². The second-order valence-corrected chi connectivity index (χ2v) is 5.20. The largest absolute Gasteiger partial charge is 0.314 e. The van der Waals surface area contributed by atoms with Gasteiger partial charge in [0.1, 0.15) is 6.04 Å². The van der Waals surface area contributed by atoms with Crippen LogP contribution < -0.4 is 5.32 Å². The van der Waals surface area contributed by atoms with Crippen LogP contribution in [0, 0.1) is 18.3 Å². The van der Waals surface area contributed by atoms with Crippen LogP contribution in [-0.4, -0.2) is 31.1 Å². The van der Waals surface area contributed by atoms with E-state index in [4.69, 9.17) is 0 Å². The molecule has 1 aromatic rings. The molecule has 0 saturated carbocycles. The van der Waals surface area contributed by atoms with Crippen molar-refractivity contribution in [1.82, 2.24) is 10.2 Å². The van der Waals surface area contributed by atoms with E-state index < -0.39 is 0 Å². The summed E-state index contributed by atoms with van der Waals surface area (Å²) < 4.78 is 1.03.